The summed E-state index contributed by atoms with van der Waals surface area (Å²) in [5, 5.41) is 0. The fraction of sp³-hybridized carbons (Fsp3) is 0.800. The molecule has 0 saturated heterocycles. The molecule has 0 aromatic heterocycles. The number of rotatable bonds is 23. The second kappa shape index (κ2) is 22.2. The zero-order valence-corrected chi connectivity index (χ0v) is 21.3. The molecule has 0 unspecified atom stereocenters. The maximum Gasteiger partial charge on any atom is 0.0366 e. The highest BCUT2D eigenvalue weighted by molar-refractivity contribution is 5.45. The summed E-state index contributed by atoms with van der Waals surface area (Å²) in [6.07, 6.45) is 28.3. The summed E-state index contributed by atoms with van der Waals surface area (Å²) in [6.45, 7) is 7.04. The predicted octanol–water partition coefficient (Wildman–Crippen LogP) is 10.1. The van der Waals surface area contributed by atoms with Crippen molar-refractivity contribution in [1.82, 2.24) is 0 Å². The summed E-state index contributed by atoms with van der Waals surface area (Å²) in [6, 6.07) is 11.8. The Morgan fingerprint density at radius 1 is 0.484 bits per heavy atom. The first-order valence-corrected chi connectivity index (χ1v) is 14.1. The first kappa shape index (κ1) is 28.1. The number of benzene rings is 1. The third-order valence-electron chi connectivity index (χ3n) is 6.63. The van der Waals surface area contributed by atoms with Crippen LogP contribution in [0.2, 0.25) is 0 Å². The molecule has 0 fully saturated rings. The molecule has 1 heteroatoms. The summed E-state index contributed by atoms with van der Waals surface area (Å²) in [5.41, 5.74) is 1.39. The second-order valence-corrected chi connectivity index (χ2v) is 9.61. The van der Waals surface area contributed by atoms with Gasteiger partial charge in [0, 0.05) is 18.8 Å². The molecular formula is C30H54N. The van der Waals surface area contributed by atoms with E-state index in [1.165, 1.54) is 147 Å². The van der Waals surface area contributed by atoms with Crippen molar-refractivity contribution in [3.8, 4) is 0 Å². The average Bonchev–Trinajstić information content (AvgIpc) is 2.80. The molecule has 0 atom stereocenters. The maximum absolute atomic E-state index is 3.18. The molecule has 0 saturated carbocycles. The monoisotopic (exact) mass is 428 g/mol. The van der Waals surface area contributed by atoms with E-state index in [0.29, 0.717) is 0 Å². The number of unbranched alkanes of at least 4 members (excludes halogenated alkanes) is 18. The lowest BCUT2D eigenvalue weighted by Crippen LogP contribution is -2.25. The fourth-order valence-corrected chi connectivity index (χ4v) is 4.54. The van der Waals surface area contributed by atoms with Crippen LogP contribution < -0.4 is 4.90 Å². The van der Waals surface area contributed by atoms with E-state index < -0.39 is 0 Å². The lowest BCUT2D eigenvalue weighted by molar-refractivity contribution is 0.543. The molecule has 0 aliphatic rings. The minimum atomic E-state index is 1.22. The molecule has 1 rings (SSSR count). The highest BCUT2D eigenvalue weighted by Crippen LogP contribution is 2.17. The van der Waals surface area contributed by atoms with Crippen LogP contribution in [-0.4, -0.2) is 13.1 Å². The minimum Gasteiger partial charge on any atom is -0.372 e. The Kier molecular flexibility index (Phi) is 20.1. The number of hydrogen-bond acceptors (Lipinski definition) is 1. The van der Waals surface area contributed by atoms with Crippen LogP contribution in [-0.2, 0) is 0 Å². The van der Waals surface area contributed by atoms with Crippen molar-refractivity contribution in [2.24, 2.45) is 0 Å². The van der Waals surface area contributed by atoms with E-state index in [2.05, 4.69) is 49.1 Å². The lowest BCUT2D eigenvalue weighted by atomic mass is 10.1. The van der Waals surface area contributed by atoms with Crippen LogP contribution in [0.25, 0.3) is 0 Å². The maximum atomic E-state index is 3.18. The van der Waals surface area contributed by atoms with Crippen molar-refractivity contribution in [2.45, 2.75) is 142 Å². The quantitative estimate of drug-likeness (QED) is 0.157. The van der Waals surface area contributed by atoms with E-state index in [-0.39, 0.29) is 0 Å². The molecular weight excluding hydrogens is 374 g/mol. The number of nitrogens with zero attached hydrogens (tertiary/aromatic N) is 1. The second-order valence-electron chi connectivity index (χ2n) is 9.61. The largest absolute Gasteiger partial charge is 0.372 e. The lowest BCUT2D eigenvalue weighted by Gasteiger charge is -2.25. The van der Waals surface area contributed by atoms with Gasteiger partial charge in [-0.15, -0.1) is 0 Å². The van der Waals surface area contributed by atoms with Gasteiger partial charge in [-0.3, -0.25) is 0 Å². The van der Waals surface area contributed by atoms with Gasteiger partial charge >= 0.3 is 0 Å². The van der Waals surface area contributed by atoms with Crippen molar-refractivity contribution in [1.29, 1.82) is 0 Å². The van der Waals surface area contributed by atoms with Crippen molar-refractivity contribution in [3.63, 3.8) is 0 Å². The molecule has 0 spiro atoms. The first-order chi connectivity index (χ1) is 15.4. The number of anilines is 1. The first-order valence-electron chi connectivity index (χ1n) is 14.1. The zero-order valence-electron chi connectivity index (χ0n) is 21.3. The Balaban J connectivity index is 2.10. The molecule has 0 amide bonds. The van der Waals surface area contributed by atoms with Crippen LogP contribution in [0.5, 0.6) is 0 Å². The van der Waals surface area contributed by atoms with Crippen LogP contribution >= 0.6 is 0 Å². The molecule has 0 heterocycles. The molecule has 0 aliphatic heterocycles. The van der Waals surface area contributed by atoms with Crippen molar-refractivity contribution < 1.29 is 0 Å². The third kappa shape index (κ3) is 17.3. The van der Waals surface area contributed by atoms with Gasteiger partial charge in [-0.25, -0.2) is 0 Å². The van der Waals surface area contributed by atoms with Crippen molar-refractivity contribution in [2.75, 3.05) is 18.0 Å². The van der Waals surface area contributed by atoms with Crippen molar-refractivity contribution in [3.05, 3.63) is 30.3 Å². The van der Waals surface area contributed by atoms with Crippen molar-refractivity contribution >= 4 is 5.69 Å². The Bertz CT molecular complexity index is 431. The molecule has 1 nitrogen and oxygen atoms in total. The normalized spacial score (nSPS) is 11.2. The van der Waals surface area contributed by atoms with Gasteiger partial charge in [0.15, 0.2) is 0 Å². The molecule has 1 aromatic carbocycles. The van der Waals surface area contributed by atoms with Gasteiger partial charge in [0.25, 0.3) is 0 Å². The minimum absolute atomic E-state index is 1.22. The van der Waals surface area contributed by atoms with Crippen LogP contribution in [0.15, 0.2) is 24.3 Å². The molecule has 0 bridgehead atoms. The van der Waals surface area contributed by atoms with Gasteiger partial charge in [-0.2, -0.15) is 0 Å². The number of hydrogen-bond donors (Lipinski definition) is 0. The highest BCUT2D eigenvalue weighted by atomic mass is 15.1. The van der Waals surface area contributed by atoms with Crippen LogP contribution in [0.3, 0.4) is 0 Å². The van der Waals surface area contributed by atoms with Gasteiger partial charge < -0.3 is 4.90 Å². The molecule has 179 valence electrons. The molecule has 31 heavy (non-hydrogen) atoms. The van der Waals surface area contributed by atoms with Gasteiger partial charge in [-0.1, -0.05) is 142 Å². The van der Waals surface area contributed by atoms with E-state index in [1.807, 2.05) is 0 Å². The highest BCUT2D eigenvalue weighted by Gasteiger charge is 2.06. The van der Waals surface area contributed by atoms with E-state index in [0.717, 1.165) is 0 Å². The third-order valence-corrected chi connectivity index (χ3v) is 6.63. The van der Waals surface area contributed by atoms with Gasteiger partial charge in [0.1, 0.15) is 0 Å². The SMILES string of the molecule is CCCCCCCCCCCCN(CCCCCCCCCCCC)c1cc[c]cc1. The summed E-state index contributed by atoms with van der Waals surface area (Å²) >= 11 is 0. The van der Waals surface area contributed by atoms with Crippen LogP contribution in [0.4, 0.5) is 5.69 Å². The Hall–Kier alpha value is -0.980. The molecule has 1 aromatic rings. The van der Waals surface area contributed by atoms with Crippen LogP contribution in [0.1, 0.15) is 142 Å². The van der Waals surface area contributed by atoms with E-state index >= 15 is 0 Å². The van der Waals surface area contributed by atoms with Gasteiger partial charge in [-0.05, 0) is 31.0 Å². The molecule has 0 N–H and O–H groups in total. The summed E-state index contributed by atoms with van der Waals surface area (Å²) in [4.78, 5) is 2.63. The van der Waals surface area contributed by atoms with Gasteiger partial charge in [0.05, 0.1) is 0 Å². The average molecular weight is 429 g/mol. The standard InChI is InChI=1S/C30H54N/c1-3-5-7-9-11-13-15-17-19-24-28-31(30-26-22-21-23-27-30)29-25-20-18-16-14-12-10-8-6-4-2/h22-23,26-27H,3-20,24-25,28-29H2,1-2H3. The summed E-state index contributed by atoms with van der Waals surface area (Å²) in [5.74, 6) is 0. The summed E-state index contributed by atoms with van der Waals surface area (Å²) in [7, 11) is 0. The van der Waals surface area contributed by atoms with E-state index in [1.54, 1.807) is 0 Å². The van der Waals surface area contributed by atoms with Gasteiger partial charge in [0.2, 0.25) is 0 Å². The van der Waals surface area contributed by atoms with E-state index in [4.69, 9.17) is 0 Å². The molecule has 0 aliphatic carbocycles. The Morgan fingerprint density at radius 3 is 1.16 bits per heavy atom. The zero-order chi connectivity index (χ0) is 22.2. The molecule has 1 radical (unpaired) electrons. The Labute approximate surface area is 196 Å². The summed E-state index contributed by atoms with van der Waals surface area (Å²) < 4.78 is 0. The smallest absolute Gasteiger partial charge is 0.0366 e. The van der Waals surface area contributed by atoms with Crippen LogP contribution in [0, 0.1) is 6.07 Å². The Morgan fingerprint density at radius 2 is 0.806 bits per heavy atom. The van der Waals surface area contributed by atoms with E-state index in [9.17, 15) is 0 Å². The fourth-order valence-electron chi connectivity index (χ4n) is 4.54. The predicted molar refractivity (Wildman–Crippen MR) is 141 cm³/mol. The topological polar surface area (TPSA) is 3.24 Å².